The van der Waals surface area contributed by atoms with E-state index in [-0.39, 0.29) is 23.5 Å². The molecule has 3 rings (SSSR count). The standard InChI is InChI=1S/C20H22FN3O2/c1-14-7-8-18(17(21)13-14)23-19(25)15-9-11-24(12-10-15)20(26)22-16-5-3-2-4-6-16/h2-8,13,15H,9-12H2,1H3,(H,22,26)(H,23,25). The molecule has 1 heterocycles. The highest BCUT2D eigenvalue weighted by Gasteiger charge is 2.27. The van der Waals surface area contributed by atoms with Crippen molar-refractivity contribution in [2.24, 2.45) is 5.92 Å². The number of nitrogens with zero attached hydrogens (tertiary/aromatic N) is 1. The predicted octanol–water partition coefficient (Wildman–Crippen LogP) is 4.02. The zero-order chi connectivity index (χ0) is 18.5. The molecule has 0 atom stereocenters. The van der Waals surface area contributed by atoms with Crippen molar-refractivity contribution in [1.82, 2.24) is 4.90 Å². The molecule has 26 heavy (non-hydrogen) atoms. The van der Waals surface area contributed by atoms with Gasteiger partial charge in [0.1, 0.15) is 5.82 Å². The van der Waals surface area contributed by atoms with Crippen LogP contribution in [0.4, 0.5) is 20.6 Å². The summed E-state index contributed by atoms with van der Waals surface area (Å²) < 4.78 is 13.9. The highest BCUT2D eigenvalue weighted by molar-refractivity contribution is 5.93. The topological polar surface area (TPSA) is 61.4 Å². The van der Waals surface area contributed by atoms with E-state index < -0.39 is 5.82 Å². The predicted molar refractivity (Wildman–Crippen MR) is 99.5 cm³/mol. The van der Waals surface area contributed by atoms with E-state index >= 15 is 0 Å². The smallest absolute Gasteiger partial charge is 0.321 e. The van der Waals surface area contributed by atoms with Crippen LogP contribution in [-0.2, 0) is 4.79 Å². The summed E-state index contributed by atoms with van der Waals surface area (Å²) in [5, 5.41) is 5.50. The van der Waals surface area contributed by atoms with E-state index in [0.29, 0.717) is 25.9 Å². The summed E-state index contributed by atoms with van der Waals surface area (Å²) in [6.45, 7) is 2.78. The Bertz CT molecular complexity index is 787. The van der Waals surface area contributed by atoms with Crippen molar-refractivity contribution in [2.75, 3.05) is 23.7 Å². The van der Waals surface area contributed by atoms with Gasteiger partial charge in [-0.1, -0.05) is 24.3 Å². The van der Waals surface area contributed by atoms with E-state index in [2.05, 4.69) is 10.6 Å². The maximum Gasteiger partial charge on any atom is 0.321 e. The molecule has 136 valence electrons. The van der Waals surface area contributed by atoms with Gasteiger partial charge in [-0.2, -0.15) is 0 Å². The molecule has 1 fully saturated rings. The van der Waals surface area contributed by atoms with Gasteiger partial charge in [0, 0.05) is 24.7 Å². The van der Waals surface area contributed by atoms with Gasteiger partial charge >= 0.3 is 6.03 Å². The van der Waals surface area contributed by atoms with E-state index in [1.54, 1.807) is 24.0 Å². The second kappa shape index (κ2) is 7.99. The van der Waals surface area contributed by atoms with Gasteiger partial charge in [0.05, 0.1) is 5.69 Å². The Morgan fingerprint density at radius 1 is 1.04 bits per heavy atom. The summed E-state index contributed by atoms with van der Waals surface area (Å²) in [7, 11) is 0. The van der Waals surface area contributed by atoms with Crippen molar-refractivity contribution in [2.45, 2.75) is 19.8 Å². The number of nitrogens with one attached hydrogen (secondary N) is 2. The zero-order valence-corrected chi connectivity index (χ0v) is 14.7. The Kier molecular flexibility index (Phi) is 5.51. The van der Waals surface area contributed by atoms with Gasteiger partial charge in [0.2, 0.25) is 5.91 Å². The number of rotatable bonds is 3. The molecule has 1 aliphatic heterocycles. The minimum absolute atomic E-state index is 0.167. The molecule has 5 nitrogen and oxygen atoms in total. The fourth-order valence-corrected chi connectivity index (χ4v) is 3.03. The minimum Gasteiger partial charge on any atom is -0.324 e. The third-order valence-electron chi connectivity index (χ3n) is 4.56. The number of benzene rings is 2. The normalized spacial score (nSPS) is 14.8. The van der Waals surface area contributed by atoms with E-state index in [0.717, 1.165) is 11.3 Å². The largest absolute Gasteiger partial charge is 0.324 e. The number of likely N-dealkylation sites (tertiary alicyclic amines) is 1. The summed E-state index contributed by atoms with van der Waals surface area (Å²) in [4.78, 5) is 26.3. The third kappa shape index (κ3) is 4.39. The fraction of sp³-hybridized carbons (Fsp3) is 0.300. The first-order valence-corrected chi connectivity index (χ1v) is 8.71. The Morgan fingerprint density at radius 3 is 2.38 bits per heavy atom. The molecule has 0 aliphatic carbocycles. The average Bonchev–Trinajstić information content (AvgIpc) is 2.65. The molecule has 2 aromatic carbocycles. The molecular formula is C20H22FN3O2. The van der Waals surface area contributed by atoms with E-state index in [9.17, 15) is 14.0 Å². The average molecular weight is 355 g/mol. The second-order valence-corrected chi connectivity index (χ2v) is 6.53. The van der Waals surface area contributed by atoms with Gasteiger partial charge in [-0.3, -0.25) is 4.79 Å². The molecule has 0 spiro atoms. The van der Waals surface area contributed by atoms with Crippen LogP contribution in [0.1, 0.15) is 18.4 Å². The van der Waals surface area contributed by atoms with Gasteiger partial charge in [-0.05, 0) is 49.6 Å². The van der Waals surface area contributed by atoms with E-state index in [1.165, 1.54) is 6.07 Å². The highest BCUT2D eigenvalue weighted by atomic mass is 19.1. The lowest BCUT2D eigenvalue weighted by molar-refractivity contribution is -0.121. The van der Waals surface area contributed by atoms with Crippen molar-refractivity contribution in [1.29, 1.82) is 0 Å². The van der Waals surface area contributed by atoms with Gasteiger partial charge in [0.15, 0.2) is 0 Å². The quantitative estimate of drug-likeness (QED) is 0.874. The molecule has 0 radical (unpaired) electrons. The number of hydrogen-bond donors (Lipinski definition) is 2. The first-order chi connectivity index (χ1) is 12.5. The lowest BCUT2D eigenvalue weighted by Gasteiger charge is -2.31. The van der Waals surface area contributed by atoms with Crippen LogP contribution in [0.2, 0.25) is 0 Å². The lowest BCUT2D eigenvalue weighted by atomic mass is 9.96. The van der Waals surface area contributed by atoms with Crippen LogP contribution < -0.4 is 10.6 Å². The summed E-state index contributed by atoms with van der Waals surface area (Å²) in [6, 6.07) is 13.8. The Labute approximate surface area is 152 Å². The van der Waals surface area contributed by atoms with Crippen LogP contribution in [0.5, 0.6) is 0 Å². The van der Waals surface area contributed by atoms with Crippen molar-refractivity contribution in [3.05, 3.63) is 59.9 Å². The summed E-state index contributed by atoms with van der Waals surface area (Å²) in [5.41, 5.74) is 1.75. The van der Waals surface area contributed by atoms with Gasteiger partial charge in [-0.15, -0.1) is 0 Å². The van der Waals surface area contributed by atoms with Crippen LogP contribution in [0.3, 0.4) is 0 Å². The number of anilines is 2. The van der Waals surface area contributed by atoms with Crippen LogP contribution in [0.15, 0.2) is 48.5 Å². The molecule has 2 aromatic rings. The summed E-state index contributed by atoms with van der Waals surface area (Å²) in [5.74, 6) is -0.856. The summed E-state index contributed by atoms with van der Waals surface area (Å²) >= 11 is 0. The fourth-order valence-electron chi connectivity index (χ4n) is 3.03. The number of urea groups is 1. The number of carbonyl (C=O) groups excluding carboxylic acids is 2. The lowest BCUT2D eigenvalue weighted by Crippen LogP contribution is -2.43. The first-order valence-electron chi connectivity index (χ1n) is 8.71. The number of piperidine rings is 1. The zero-order valence-electron chi connectivity index (χ0n) is 14.7. The maximum atomic E-state index is 13.9. The Hall–Kier alpha value is -2.89. The van der Waals surface area contributed by atoms with Crippen molar-refractivity contribution in [3.63, 3.8) is 0 Å². The monoisotopic (exact) mass is 355 g/mol. The molecule has 3 amide bonds. The highest BCUT2D eigenvalue weighted by Crippen LogP contribution is 2.22. The van der Waals surface area contributed by atoms with Gasteiger partial charge in [0.25, 0.3) is 0 Å². The number of aryl methyl sites for hydroxylation is 1. The van der Waals surface area contributed by atoms with Crippen LogP contribution in [0, 0.1) is 18.7 Å². The van der Waals surface area contributed by atoms with Gasteiger partial charge in [-0.25, -0.2) is 9.18 Å². The molecular weight excluding hydrogens is 333 g/mol. The van der Waals surface area contributed by atoms with Crippen molar-refractivity contribution in [3.8, 4) is 0 Å². The number of amides is 3. The number of carbonyl (C=O) groups is 2. The Morgan fingerprint density at radius 2 is 1.73 bits per heavy atom. The molecule has 0 saturated carbocycles. The van der Waals surface area contributed by atoms with Crippen LogP contribution in [-0.4, -0.2) is 29.9 Å². The molecule has 6 heteroatoms. The maximum absolute atomic E-state index is 13.9. The number of para-hydroxylation sites is 1. The number of hydrogen-bond acceptors (Lipinski definition) is 2. The molecule has 2 N–H and O–H groups in total. The molecule has 0 unspecified atom stereocenters. The molecule has 0 bridgehead atoms. The van der Waals surface area contributed by atoms with Gasteiger partial charge < -0.3 is 15.5 Å². The van der Waals surface area contributed by atoms with Crippen molar-refractivity contribution < 1.29 is 14.0 Å². The first kappa shape index (κ1) is 17.9. The molecule has 0 aromatic heterocycles. The molecule has 1 aliphatic rings. The second-order valence-electron chi connectivity index (χ2n) is 6.53. The Balaban J connectivity index is 1.51. The SMILES string of the molecule is Cc1ccc(NC(=O)C2CCN(C(=O)Nc3ccccc3)CC2)c(F)c1. The minimum atomic E-state index is -0.432. The van der Waals surface area contributed by atoms with Crippen LogP contribution in [0.25, 0.3) is 0 Å². The third-order valence-corrected chi connectivity index (χ3v) is 4.56. The van der Waals surface area contributed by atoms with E-state index in [1.807, 2.05) is 30.3 Å². The summed E-state index contributed by atoms with van der Waals surface area (Å²) in [6.07, 6.45) is 1.11. The molecule has 1 saturated heterocycles. The number of halogens is 1. The van der Waals surface area contributed by atoms with Crippen LogP contribution >= 0.6 is 0 Å². The van der Waals surface area contributed by atoms with E-state index in [4.69, 9.17) is 0 Å². The van der Waals surface area contributed by atoms with Crippen molar-refractivity contribution >= 4 is 23.3 Å².